The molecule has 1 atom stereocenters. The zero-order valence-electron chi connectivity index (χ0n) is 13.8. The lowest BCUT2D eigenvalue weighted by atomic mass is 10.1. The van der Waals surface area contributed by atoms with Gasteiger partial charge in [0.1, 0.15) is 0 Å². The van der Waals surface area contributed by atoms with Gasteiger partial charge in [-0.1, -0.05) is 36.4 Å². The second-order valence-electron chi connectivity index (χ2n) is 5.59. The van der Waals surface area contributed by atoms with Crippen molar-refractivity contribution in [1.82, 2.24) is 10.6 Å². The fraction of sp³-hybridized carbons (Fsp3) is 0.158. The quantitative estimate of drug-likeness (QED) is 0.570. The average Bonchev–Trinajstić information content (AvgIpc) is 3.37. The molecule has 0 saturated carbocycles. The van der Waals surface area contributed by atoms with Crippen LogP contribution in [-0.4, -0.2) is 23.5 Å². The van der Waals surface area contributed by atoms with Gasteiger partial charge in [-0.15, -0.1) is 22.7 Å². The van der Waals surface area contributed by atoms with E-state index in [0.29, 0.717) is 12.1 Å². The molecule has 134 valence electrons. The van der Waals surface area contributed by atoms with Crippen molar-refractivity contribution in [3.63, 3.8) is 0 Å². The number of hydrogen-bond donors (Lipinski definition) is 3. The van der Waals surface area contributed by atoms with Crippen LogP contribution in [0.5, 0.6) is 0 Å². The van der Waals surface area contributed by atoms with Gasteiger partial charge in [0.15, 0.2) is 0 Å². The highest BCUT2D eigenvalue weighted by Gasteiger charge is 2.15. The maximum Gasteiger partial charge on any atom is 0.309 e. The van der Waals surface area contributed by atoms with Crippen LogP contribution in [0.3, 0.4) is 0 Å². The molecule has 0 fully saturated rings. The van der Waals surface area contributed by atoms with E-state index in [0.717, 1.165) is 15.3 Å². The van der Waals surface area contributed by atoms with Crippen molar-refractivity contribution < 1.29 is 14.7 Å². The standard InChI is InChI=1S/C19H18N2O3S2/c22-16(13-5-7-14(8-6-13)17-4-2-10-26-17)12-21-19(24)18(23)20-11-15-3-1-9-25-15/h1-10,16,22H,11-12H2,(H,20,23)(H,21,24). The molecular formula is C19H18N2O3S2. The van der Waals surface area contributed by atoms with Gasteiger partial charge >= 0.3 is 11.8 Å². The van der Waals surface area contributed by atoms with Gasteiger partial charge in [-0.05, 0) is 34.0 Å². The second kappa shape index (κ2) is 8.75. The fourth-order valence-corrected chi connectivity index (χ4v) is 3.74. The number of rotatable bonds is 6. The van der Waals surface area contributed by atoms with Gasteiger partial charge in [0, 0.05) is 16.3 Å². The Morgan fingerprint density at radius 2 is 1.62 bits per heavy atom. The Labute approximate surface area is 159 Å². The first-order valence-electron chi connectivity index (χ1n) is 8.04. The van der Waals surface area contributed by atoms with Crippen molar-refractivity contribution in [2.75, 3.05) is 6.54 Å². The molecule has 2 aromatic heterocycles. The summed E-state index contributed by atoms with van der Waals surface area (Å²) in [6.45, 7) is 0.292. The molecule has 3 N–H and O–H groups in total. The van der Waals surface area contributed by atoms with Crippen LogP contribution in [0.4, 0.5) is 0 Å². The summed E-state index contributed by atoms with van der Waals surface area (Å²) in [6.07, 6.45) is -0.874. The molecule has 2 heterocycles. The molecule has 0 aliphatic carbocycles. The SMILES string of the molecule is O=C(NCc1cccs1)C(=O)NCC(O)c1ccc(-c2cccs2)cc1. The average molecular weight is 386 g/mol. The monoisotopic (exact) mass is 386 g/mol. The van der Waals surface area contributed by atoms with E-state index in [9.17, 15) is 14.7 Å². The predicted molar refractivity (Wildman–Crippen MR) is 104 cm³/mol. The van der Waals surface area contributed by atoms with Gasteiger partial charge in [0.25, 0.3) is 0 Å². The maximum atomic E-state index is 11.8. The Bertz CT molecular complexity index is 844. The van der Waals surface area contributed by atoms with Crippen molar-refractivity contribution in [1.29, 1.82) is 0 Å². The highest BCUT2D eigenvalue weighted by atomic mass is 32.1. The van der Waals surface area contributed by atoms with E-state index >= 15 is 0 Å². The van der Waals surface area contributed by atoms with E-state index in [1.807, 2.05) is 59.3 Å². The lowest BCUT2D eigenvalue weighted by Crippen LogP contribution is -2.41. The van der Waals surface area contributed by atoms with E-state index in [1.54, 1.807) is 11.3 Å². The van der Waals surface area contributed by atoms with E-state index in [-0.39, 0.29) is 6.54 Å². The predicted octanol–water partition coefficient (Wildman–Crippen LogP) is 2.94. The van der Waals surface area contributed by atoms with Crippen LogP contribution in [0, 0.1) is 0 Å². The third kappa shape index (κ3) is 4.78. The molecule has 3 aromatic rings. The van der Waals surface area contributed by atoms with E-state index in [1.165, 1.54) is 11.3 Å². The lowest BCUT2D eigenvalue weighted by molar-refractivity contribution is -0.139. The first-order chi connectivity index (χ1) is 12.6. The molecule has 0 radical (unpaired) electrons. The van der Waals surface area contributed by atoms with Gasteiger partial charge in [-0.3, -0.25) is 9.59 Å². The van der Waals surface area contributed by atoms with Crippen LogP contribution in [0.2, 0.25) is 0 Å². The lowest BCUT2D eigenvalue weighted by Gasteiger charge is -2.12. The summed E-state index contributed by atoms with van der Waals surface area (Å²) in [5, 5.41) is 19.1. The van der Waals surface area contributed by atoms with Crippen molar-refractivity contribution >= 4 is 34.5 Å². The number of thiophene rings is 2. The molecule has 2 amide bonds. The number of hydrogen-bond acceptors (Lipinski definition) is 5. The molecule has 0 aliphatic rings. The summed E-state index contributed by atoms with van der Waals surface area (Å²) >= 11 is 3.15. The van der Waals surface area contributed by atoms with E-state index in [2.05, 4.69) is 10.6 Å². The Hall–Kier alpha value is -2.48. The molecule has 0 spiro atoms. The third-order valence-corrected chi connectivity index (χ3v) is 5.56. The van der Waals surface area contributed by atoms with E-state index < -0.39 is 17.9 Å². The Morgan fingerprint density at radius 1 is 0.923 bits per heavy atom. The van der Waals surface area contributed by atoms with Crippen LogP contribution in [-0.2, 0) is 16.1 Å². The first-order valence-corrected chi connectivity index (χ1v) is 9.80. The largest absolute Gasteiger partial charge is 0.387 e. The minimum Gasteiger partial charge on any atom is -0.387 e. The number of aliphatic hydroxyl groups excluding tert-OH is 1. The molecule has 1 aromatic carbocycles. The van der Waals surface area contributed by atoms with Gasteiger partial charge in [-0.25, -0.2) is 0 Å². The van der Waals surface area contributed by atoms with Gasteiger partial charge in [0.05, 0.1) is 12.6 Å². The normalized spacial score (nSPS) is 11.7. The van der Waals surface area contributed by atoms with Crippen molar-refractivity contribution in [3.05, 3.63) is 69.7 Å². The summed E-state index contributed by atoms with van der Waals surface area (Å²) in [4.78, 5) is 25.7. The summed E-state index contributed by atoms with van der Waals surface area (Å²) < 4.78 is 0. The summed E-state index contributed by atoms with van der Waals surface area (Å²) in [5.41, 5.74) is 1.76. The molecule has 0 bridgehead atoms. The number of carbonyl (C=O) groups excluding carboxylic acids is 2. The number of carbonyl (C=O) groups is 2. The summed E-state index contributed by atoms with van der Waals surface area (Å²) in [6, 6.07) is 15.3. The maximum absolute atomic E-state index is 11.8. The molecule has 3 rings (SSSR count). The molecule has 1 unspecified atom stereocenters. The molecule has 26 heavy (non-hydrogen) atoms. The highest BCUT2D eigenvalue weighted by molar-refractivity contribution is 7.13. The fourth-order valence-electron chi connectivity index (χ4n) is 2.36. The van der Waals surface area contributed by atoms with Crippen LogP contribution in [0.1, 0.15) is 16.5 Å². The second-order valence-corrected chi connectivity index (χ2v) is 7.57. The van der Waals surface area contributed by atoms with Gasteiger partial charge in [0.2, 0.25) is 0 Å². The molecule has 5 nitrogen and oxygen atoms in total. The van der Waals surface area contributed by atoms with Crippen LogP contribution in [0.25, 0.3) is 10.4 Å². The topological polar surface area (TPSA) is 78.4 Å². The van der Waals surface area contributed by atoms with Crippen LogP contribution in [0.15, 0.2) is 59.3 Å². The number of nitrogens with one attached hydrogen (secondary N) is 2. The Morgan fingerprint density at radius 3 is 2.27 bits per heavy atom. The third-order valence-electron chi connectivity index (χ3n) is 3.77. The number of benzene rings is 1. The first kappa shape index (κ1) is 18.3. The summed E-state index contributed by atoms with van der Waals surface area (Å²) in [7, 11) is 0. The summed E-state index contributed by atoms with van der Waals surface area (Å²) in [5.74, 6) is -1.46. The zero-order chi connectivity index (χ0) is 18.4. The van der Waals surface area contributed by atoms with Crippen molar-refractivity contribution in [2.45, 2.75) is 12.6 Å². The Kier molecular flexibility index (Phi) is 6.17. The Balaban J connectivity index is 1.47. The van der Waals surface area contributed by atoms with Crippen LogP contribution < -0.4 is 10.6 Å². The zero-order valence-corrected chi connectivity index (χ0v) is 15.5. The van der Waals surface area contributed by atoms with Crippen LogP contribution >= 0.6 is 22.7 Å². The highest BCUT2D eigenvalue weighted by Crippen LogP contribution is 2.25. The molecule has 7 heteroatoms. The molecule has 0 aliphatic heterocycles. The molecular weight excluding hydrogens is 368 g/mol. The minimum absolute atomic E-state index is 0.0242. The smallest absolute Gasteiger partial charge is 0.309 e. The number of amides is 2. The minimum atomic E-state index is -0.874. The molecule has 0 saturated heterocycles. The van der Waals surface area contributed by atoms with E-state index in [4.69, 9.17) is 0 Å². The van der Waals surface area contributed by atoms with Gasteiger partial charge in [-0.2, -0.15) is 0 Å². The van der Waals surface area contributed by atoms with Crippen molar-refractivity contribution in [2.24, 2.45) is 0 Å². The van der Waals surface area contributed by atoms with Gasteiger partial charge < -0.3 is 15.7 Å². The van der Waals surface area contributed by atoms with Crippen molar-refractivity contribution in [3.8, 4) is 10.4 Å². The number of aliphatic hydroxyl groups is 1.